The summed E-state index contributed by atoms with van der Waals surface area (Å²) in [6.45, 7) is 2.28. The van der Waals surface area contributed by atoms with Crippen LogP contribution in [0, 0.1) is 18.7 Å². The van der Waals surface area contributed by atoms with E-state index in [1.807, 2.05) is 4.90 Å². The van der Waals surface area contributed by atoms with Crippen LogP contribution in [0.1, 0.15) is 40.2 Å². The van der Waals surface area contributed by atoms with E-state index in [0.29, 0.717) is 42.9 Å². The molecule has 0 unspecified atom stereocenters. The van der Waals surface area contributed by atoms with E-state index in [2.05, 4.69) is 5.32 Å². The molecule has 2 saturated heterocycles. The Labute approximate surface area is 243 Å². The van der Waals surface area contributed by atoms with Gasteiger partial charge < -0.3 is 15.1 Å². The van der Waals surface area contributed by atoms with Crippen LogP contribution < -0.4 is 5.32 Å². The van der Waals surface area contributed by atoms with Crippen LogP contribution >= 0.6 is 0 Å². The zero-order valence-electron chi connectivity index (χ0n) is 23.5. The topological polar surface area (TPSA) is 73.0 Å². The zero-order chi connectivity index (χ0) is 31.7. The number of alkyl halides is 6. The fraction of sp³-hybridized carbons (Fsp3) is 0.483. The van der Waals surface area contributed by atoms with Crippen molar-refractivity contribution in [2.24, 2.45) is 5.92 Å². The summed E-state index contributed by atoms with van der Waals surface area (Å²) in [5, 5.41) is 2.65. The highest BCUT2D eigenvalue weighted by Crippen LogP contribution is 2.38. The third-order valence-electron chi connectivity index (χ3n) is 7.84. The van der Waals surface area contributed by atoms with E-state index < -0.39 is 53.6 Å². The molecule has 0 radical (unpaired) electrons. The lowest BCUT2D eigenvalue weighted by Crippen LogP contribution is -2.54. The molecular weight excluding hydrogens is 585 g/mol. The first-order valence-electron chi connectivity index (χ1n) is 13.6. The maximum Gasteiger partial charge on any atom is 0.416 e. The molecule has 1 N–H and O–H groups in total. The Balaban J connectivity index is 1.57. The lowest BCUT2D eigenvalue weighted by atomic mass is 9.78. The Morgan fingerprint density at radius 1 is 1.00 bits per heavy atom. The van der Waals surface area contributed by atoms with Crippen LogP contribution in [0.5, 0.6) is 0 Å². The van der Waals surface area contributed by atoms with Crippen LogP contribution in [-0.2, 0) is 33.3 Å². The molecule has 2 atom stereocenters. The molecule has 2 heterocycles. The van der Waals surface area contributed by atoms with Gasteiger partial charge in [0, 0.05) is 45.1 Å². The number of carbonyl (C=O) groups excluding carboxylic acids is 3. The summed E-state index contributed by atoms with van der Waals surface area (Å²) in [7, 11) is 1.31. The van der Waals surface area contributed by atoms with E-state index in [4.69, 9.17) is 0 Å². The van der Waals surface area contributed by atoms with Crippen molar-refractivity contribution in [2.45, 2.75) is 38.2 Å². The molecule has 0 aliphatic carbocycles. The summed E-state index contributed by atoms with van der Waals surface area (Å²) in [4.78, 5) is 42.7. The molecule has 2 aliphatic rings. The van der Waals surface area contributed by atoms with Crippen LogP contribution in [0.25, 0.3) is 0 Å². The van der Waals surface area contributed by atoms with Gasteiger partial charge in [0.05, 0.1) is 24.2 Å². The first-order chi connectivity index (χ1) is 20.0. The molecule has 2 aromatic carbocycles. The highest BCUT2D eigenvalue weighted by molar-refractivity contribution is 5.87. The van der Waals surface area contributed by atoms with Gasteiger partial charge in [-0.2, -0.15) is 26.3 Å². The monoisotopic (exact) mass is 616 g/mol. The number of nitrogens with one attached hydrogen (secondary N) is 1. The lowest BCUT2D eigenvalue weighted by Gasteiger charge is -2.40. The van der Waals surface area contributed by atoms with Crippen LogP contribution in [0.4, 0.5) is 30.7 Å². The molecule has 4 rings (SSSR count). The normalized spacial score (nSPS) is 20.1. The average molecular weight is 617 g/mol. The number of hydrogen-bond donors (Lipinski definition) is 1. The SMILES string of the molecule is Cc1cc(F)ccc1[C@@H]1CN(CC(=O)N2CCNC(=O)C2)CC[C@H]1C(=O)N(C)Cc1cc(C(F)(F)F)cc(C(F)(F)F)c1. The van der Waals surface area contributed by atoms with Crippen molar-refractivity contribution >= 4 is 17.7 Å². The van der Waals surface area contributed by atoms with Gasteiger partial charge in [0.1, 0.15) is 5.82 Å². The molecule has 0 saturated carbocycles. The molecule has 43 heavy (non-hydrogen) atoms. The Morgan fingerprint density at radius 2 is 1.65 bits per heavy atom. The third-order valence-corrected chi connectivity index (χ3v) is 7.84. The van der Waals surface area contributed by atoms with Crippen LogP contribution in [0.15, 0.2) is 36.4 Å². The molecule has 234 valence electrons. The summed E-state index contributed by atoms with van der Waals surface area (Å²) < 4.78 is 94.1. The fourth-order valence-electron chi connectivity index (χ4n) is 5.72. The molecule has 0 spiro atoms. The van der Waals surface area contributed by atoms with E-state index >= 15 is 0 Å². The van der Waals surface area contributed by atoms with Crippen molar-refractivity contribution in [3.05, 3.63) is 70.0 Å². The summed E-state index contributed by atoms with van der Waals surface area (Å²) in [6.07, 6.45) is -9.81. The Morgan fingerprint density at radius 3 is 2.23 bits per heavy atom. The minimum Gasteiger partial charge on any atom is -0.353 e. The maximum absolute atomic E-state index is 13.9. The molecule has 7 nitrogen and oxygen atoms in total. The number of hydrogen-bond acceptors (Lipinski definition) is 4. The van der Waals surface area contributed by atoms with Crippen molar-refractivity contribution in [1.82, 2.24) is 20.0 Å². The summed E-state index contributed by atoms with van der Waals surface area (Å²) in [5.41, 5.74) is -2.08. The van der Waals surface area contributed by atoms with Gasteiger partial charge >= 0.3 is 12.4 Å². The summed E-state index contributed by atoms with van der Waals surface area (Å²) in [5.74, 6) is -2.81. The first kappa shape index (κ1) is 32.2. The number of rotatable bonds is 6. The number of piperidine rings is 1. The third kappa shape index (κ3) is 7.84. The Bertz CT molecular complexity index is 1350. The van der Waals surface area contributed by atoms with Crippen molar-refractivity contribution in [3.63, 3.8) is 0 Å². The molecule has 2 aromatic rings. The molecule has 0 bridgehead atoms. The number of nitrogens with zero attached hydrogens (tertiary/aromatic N) is 3. The average Bonchev–Trinajstić information content (AvgIpc) is 2.91. The Hall–Kier alpha value is -3.68. The van der Waals surface area contributed by atoms with Gasteiger partial charge in [-0.3, -0.25) is 19.3 Å². The highest BCUT2D eigenvalue weighted by atomic mass is 19.4. The van der Waals surface area contributed by atoms with Gasteiger partial charge in [0.25, 0.3) is 0 Å². The first-order valence-corrected chi connectivity index (χ1v) is 13.6. The number of amides is 3. The fourth-order valence-corrected chi connectivity index (χ4v) is 5.72. The van der Waals surface area contributed by atoms with Gasteiger partial charge in [-0.15, -0.1) is 0 Å². The number of carbonyl (C=O) groups is 3. The van der Waals surface area contributed by atoms with Crippen molar-refractivity contribution < 1.29 is 45.1 Å². The second-order valence-electron chi connectivity index (χ2n) is 11.0. The minimum atomic E-state index is -5.02. The second kappa shape index (κ2) is 12.5. The molecule has 14 heteroatoms. The zero-order valence-corrected chi connectivity index (χ0v) is 23.5. The number of benzene rings is 2. The van der Waals surface area contributed by atoms with Crippen LogP contribution in [0.3, 0.4) is 0 Å². The Kier molecular flexibility index (Phi) is 9.38. The van der Waals surface area contributed by atoms with Crippen LogP contribution in [-0.4, -0.2) is 78.7 Å². The lowest BCUT2D eigenvalue weighted by molar-refractivity contribution is -0.143. The molecule has 0 aromatic heterocycles. The number of halogens is 7. The molecule has 3 amide bonds. The minimum absolute atomic E-state index is 0.0226. The molecule has 2 fully saturated rings. The van der Waals surface area contributed by atoms with Crippen LogP contribution in [0.2, 0.25) is 0 Å². The smallest absolute Gasteiger partial charge is 0.353 e. The van der Waals surface area contributed by atoms with Crippen molar-refractivity contribution in [1.29, 1.82) is 0 Å². The quantitative estimate of drug-likeness (QED) is 0.495. The largest absolute Gasteiger partial charge is 0.416 e. The standard InChI is InChI=1S/C29H31F7N4O3/c1-17-9-21(30)3-4-22(17)24-14-39(16-26(42)40-8-6-37-25(41)15-40)7-5-23(24)27(43)38(2)13-18-10-19(28(31,32)33)12-20(11-18)29(34,35)36/h3-4,9-12,23-24H,5-8,13-16H2,1-2H3,(H,37,41)/t23-,24+/m1/s1. The summed E-state index contributed by atoms with van der Waals surface area (Å²) >= 11 is 0. The van der Waals surface area contributed by atoms with E-state index in [0.717, 1.165) is 4.90 Å². The molecular formula is C29H31F7N4O3. The van der Waals surface area contributed by atoms with Gasteiger partial charge in [0.2, 0.25) is 17.7 Å². The van der Waals surface area contributed by atoms with Crippen molar-refractivity contribution in [2.75, 3.05) is 46.3 Å². The number of likely N-dealkylation sites (tertiary alicyclic amines) is 1. The van der Waals surface area contributed by atoms with E-state index in [1.54, 1.807) is 6.92 Å². The second-order valence-corrected chi connectivity index (χ2v) is 11.0. The number of aryl methyl sites for hydroxylation is 1. The van der Waals surface area contributed by atoms with E-state index in [1.165, 1.54) is 30.1 Å². The highest BCUT2D eigenvalue weighted by Gasteiger charge is 2.40. The van der Waals surface area contributed by atoms with Gasteiger partial charge in [-0.05, 0) is 66.9 Å². The summed E-state index contributed by atoms with van der Waals surface area (Å²) in [6, 6.07) is 5.30. The number of piperazine rings is 1. The van der Waals surface area contributed by atoms with Crippen molar-refractivity contribution in [3.8, 4) is 0 Å². The van der Waals surface area contributed by atoms with Gasteiger partial charge in [-0.1, -0.05) is 6.07 Å². The predicted molar refractivity (Wildman–Crippen MR) is 141 cm³/mol. The van der Waals surface area contributed by atoms with E-state index in [9.17, 15) is 45.1 Å². The van der Waals surface area contributed by atoms with Gasteiger partial charge in [-0.25, -0.2) is 4.39 Å². The maximum atomic E-state index is 13.9. The van der Waals surface area contributed by atoms with Gasteiger partial charge in [0.15, 0.2) is 0 Å². The van der Waals surface area contributed by atoms with E-state index in [-0.39, 0.29) is 49.5 Å². The predicted octanol–water partition coefficient (Wildman–Crippen LogP) is 4.19. The molecule has 2 aliphatic heterocycles.